The second kappa shape index (κ2) is 5.41. The van der Waals surface area contributed by atoms with E-state index in [0.29, 0.717) is 12.3 Å². The molecule has 102 valence electrons. The van der Waals surface area contributed by atoms with Crippen molar-refractivity contribution in [3.63, 3.8) is 0 Å². The summed E-state index contributed by atoms with van der Waals surface area (Å²) in [5.41, 5.74) is 0.444. The van der Waals surface area contributed by atoms with Crippen LogP contribution in [0.25, 0.3) is 0 Å². The van der Waals surface area contributed by atoms with Gasteiger partial charge in [0.1, 0.15) is 0 Å². The van der Waals surface area contributed by atoms with Gasteiger partial charge in [0.2, 0.25) is 0 Å². The molecule has 0 atom stereocenters. The number of rotatable bonds is 4. The van der Waals surface area contributed by atoms with Gasteiger partial charge in [-0.15, -0.1) is 0 Å². The minimum atomic E-state index is -0.554. The summed E-state index contributed by atoms with van der Waals surface area (Å²) in [5.74, 6) is 0.701. The molecular formula is C14H25N3O. The van der Waals surface area contributed by atoms with Crippen molar-refractivity contribution < 1.29 is 5.11 Å². The van der Waals surface area contributed by atoms with Crippen LogP contribution < -0.4 is 0 Å². The predicted molar refractivity (Wildman–Crippen MR) is 72.4 cm³/mol. The first-order chi connectivity index (χ1) is 8.47. The van der Waals surface area contributed by atoms with Crippen LogP contribution in [-0.4, -0.2) is 45.0 Å². The Morgan fingerprint density at radius 3 is 2.56 bits per heavy atom. The highest BCUT2D eigenvalue weighted by molar-refractivity contribution is 5.05. The molecular weight excluding hydrogens is 226 g/mol. The molecule has 0 aromatic carbocycles. The molecule has 1 aliphatic rings. The molecule has 0 spiro atoms. The standard InChI is InChI=1S/C14H25N3O/c1-12(2)11-17-8-5-14(18,6-9-17)10-13-4-7-16(3)15-13/h4,7,12,18H,5-6,8-11H2,1-3H3. The smallest absolute Gasteiger partial charge is 0.0728 e. The maximum Gasteiger partial charge on any atom is 0.0728 e. The molecule has 0 unspecified atom stereocenters. The van der Waals surface area contributed by atoms with E-state index in [2.05, 4.69) is 23.8 Å². The monoisotopic (exact) mass is 251 g/mol. The van der Waals surface area contributed by atoms with E-state index in [9.17, 15) is 5.11 Å². The van der Waals surface area contributed by atoms with Crippen LogP contribution in [-0.2, 0) is 13.5 Å². The normalized spacial score (nSPS) is 20.5. The van der Waals surface area contributed by atoms with Crippen molar-refractivity contribution in [2.45, 2.75) is 38.7 Å². The third kappa shape index (κ3) is 3.56. The number of hydrogen-bond acceptors (Lipinski definition) is 3. The van der Waals surface area contributed by atoms with Crippen LogP contribution in [0, 0.1) is 5.92 Å². The first-order valence-corrected chi connectivity index (χ1v) is 6.90. The molecule has 4 nitrogen and oxygen atoms in total. The van der Waals surface area contributed by atoms with E-state index in [1.165, 1.54) is 0 Å². The lowest BCUT2D eigenvalue weighted by Crippen LogP contribution is -2.46. The average Bonchev–Trinajstić information content (AvgIpc) is 2.67. The van der Waals surface area contributed by atoms with E-state index in [-0.39, 0.29) is 0 Å². The second-order valence-corrected chi connectivity index (χ2v) is 6.08. The summed E-state index contributed by atoms with van der Waals surface area (Å²) in [5, 5.41) is 15.0. The number of piperidine rings is 1. The van der Waals surface area contributed by atoms with Gasteiger partial charge in [-0.3, -0.25) is 4.68 Å². The number of hydrogen-bond donors (Lipinski definition) is 1. The van der Waals surface area contributed by atoms with Gasteiger partial charge in [-0.25, -0.2) is 0 Å². The summed E-state index contributed by atoms with van der Waals surface area (Å²) >= 11 is 0. The molecule has 2 heterocycles. The summed E-state index contributed by atoms with van der Waals surface area (Å²) < 4.78 is 1.80. The van der Waals surface area contributed by atoms with Gasteiger partial charge in [0.25, 0.3) is 0 Å². The summed E-state index contributed by atoms with van der Waals surface area (Å²) in [4.78, 5) is 2.46. The summed E-state index contributed by atoms with van der Waals surface area (Å²) in [6.07, 6.45) is 4.34. The zero-order valence-electron chi connectivity index (χ0n) is 11.8. The quantitative estimate of drug-likeness (QED) is 0.880. The van der Waals surface area contributed by atoms with Gasteiger partial charge >= 0.3 is 0 Å². The Bertz CT molecular complexity index is 378. The Hall–Kier alpha value is -0.870. The minimum Gasteiger partial charge on any atom is -0.389 e. The molecule has 1 saturated heterocycles. The van der Waals surface area contributed by atoms with Crippen molar-refractivity contribution in [2.24, 2.45) is 13.0 Å². The number of likely N-dealkylation sites (tertiary alicyclic amines) is 1. The number of nitrogens with zero attached hydrogens (tertiary/aromatic N) is 3. The molecule has 4 heteroatoms. The van der Waals surface area contributed by atoms with E-state index >= 15 is 0 Å². The third-order valence-corrected chi connectivity index (χ3v) is 3.69. The van der Waals surface area contributed by atoms with E-state index in [1.807, 2.05) is 19.3 Å². The Labute approximate surface area is 110 Å². The van der Waals surface area contributed by atoms with E-state index in [4.69, 9.17) is 0 Å². The van der Waals surface area contributed by atoms with Crippen LogP contribution in [0.3, 0.4) is 0 Å². The Morgan fingerprint density at radius 2 is 2.06 bits per heavy atom. The van der Waals surface area contributed by atoms with Crippen LogP contribution in [0.15, 0.2) is 12.3 Å². The van der Waals surface area contributed by atoms with Gasteiger partial charge in [-0.2, -0.15) is 5.10 Å². The highest BCUT2D eigenvalue weighted by Gasteiger charge is 2.33. The first kappa shape index (κ1) is 13.6. The maximum absolute atomic E-state index is 10.6. The van der Waals surface area contributed by atoms with Crippen molar-refractivity contribution in [3.05, 3.63) is 18.0 Å². The lowest BCUT2D eigenvalue weighted by molar-refractivity contribution is -0.0234. The molecule has 0 saturated carbocycles. The summed E-state index contributed by atoms with van der Waals surface area (Å²) in [6, 6.07) is 2.00. The first-order valence-electron chi connectivity index (χ1n) is 6.90. The second-order valence-electron chi connectivity index (χ2n) is 6.08. The number of aryl methyl sites for hydroxylation is 1. The number of aromatic nitrogens is 2. The van der Waals surface area contributed by atoms with Gasteiger partial charge in [-0.1, -0.05) is 13.8 Å². The largest absolute Gasteiger partial charge is 0.389 e. The molecule has 1 N–H and O–H groups in total. The molecule has 1 aromatic rings. The van der Waals surface area contributed by atoms with Crippen molar-refractivity contribution in [1.82, 2.24) is 14.7 Å². The topological polar surface area (TPSA) is 41.3 Å². The van der Waals surface area contributed by atoms with E-state index in [0.717, 1.165) is 38.2 Å². The molecule has 0 radical (unpaired) electrons. The maximum atomic E-state index is 10.6. The molecule has 1 fully saturated rings. The van der Waals surface area contributed by atoms with Crippen LogP contribution in [0.5, 0.6) is 0 Å². The van der Waals surface area contributed by atoms with Crippen molar-refractivity contribution in [1.29, 1.82) is 0 Å². The highest BCUT2D eigenvalue weighted by Crippen LogP contribution is 2.26. The summed E-state index contributed by atoms with van der Waals surface area (Å²) in [6.45, 7) is 7.63. The van der Waals surface area contributed by atoms with Crippen molar-refractivity contribution >= 4 is 0 Å². The zero-order valence-corrected chi connectivity index (χ0v) is 11.8. The molecule has 2 rings (SSSR count). The van der Waals surface area contributed by atoms with E-state index < -0.39 is 5.60 Å². The Balaban J connectivity index is 1.87. The van der Waals surface area contributed by atoms with Crippen LogP contribution in [0.1, 0.15) is 32.4 Å². The zero-order chi connectivity index (χ0) is 13.2. The fraction of sp³-hybridized carbons (Fsp3) is 0.786. The lowest BCUT2D eigenvalue weighted by Gasteiger charge is -2.38. The Morgan fingerprint density at radius 1 is 1.39 bits per heavy atom. The third-order valence-electron chi connectivity index (χ3n) is 3.69. The van der Waals surface area contributed by atoms with Gasteiger partial charge in [0, 0.05) is 39.3 Å². The van der Waals surface area contributed by atoms with E-state index in [1.54, 1.807) is 4.68 Å². The predicted octanol–water partition coefficient (Wildman–Crippen LogP) is 1.45. The molecule has 0 bridgehead atoms. The van der Waals surface area contributed by atoms with Gasteiger partial charge in [0.15, 0.2) is 0 Å². The molecule has 0 amide bonds. The molecule has 1 aliphatic heterocycles. The van der Waals surface area contributed by atoms with Gasteiger partial charge in [-0.05, 0) is 24.8 Å². The minimum absolute atomic E-state index is 0.554. The highest BCUT2D eigenvalue weighted by atomic mass is 16.3. The molecule has 18 heavy (non-hydrogen) atoms. The van der Waals surface area contributed by atoms with Crippen LogP contribution in [0.4, 0.5) is 0 Å². The summed E-state index contributed by atoms with van der Waals surface area (Å²) in [7, 11) is 1.92. The number of aliphatic hydroxyl groups is 1. The lowest BCUT2D eigenvalue weighted by atomic mass is 9.87. The molecule has 1 aromatic heterocycles. The van der Waals surface area contributed by atoms with Crippen LogP contribution >= 0.6 is 0 Å². The van der Waals surface area contributed by atoms with Gasteiger partial charge in [0.05, 0.1) is 11.3 Å². The fourth-order valence-electron chi connectivity index (χ4n) is 2.74. The van der Waals surface area contributed by atoms with Crippen molar-refractivity contribution in [2.75, 3.05) is 19.6 Å². The van der Waals surface area contributed by atoms with Crippen LogP contribution in [0.2, 0.25) is 0 Å². The SMILES string of the molecule is CC(C)CN1CCC(O)(Cc2ccn(C)n2)CC1. The van der Waals surface area contributed by atoms with Gasteiger partial charge < -0.3 is 10.0 Å². The van der Waals surface area contributed by atoms with Crippen molar-refractivity contribution in [3.8, 4) is 0 Å². The molecule has 0 aliphatic carbocycles. The Kier molecular flexibility index (Phi) is 4.07. The average molecular weight is 251 g/mol. The fourth-order valence-corrected chi connectivity index (χ4v) is 2.74.